The summed E-state index contributed by atoms with van der Waals surface area (Å²) in [6.07, 6.45) is 16.8. The lowest BCUT2D eigenvalue weighted by atomic mass is 10.1. The van der Waals surface area contributed by atoms with E-state index in [0.29, 0.717) is 0 Å². The Balaban J connectivity index is 2.06. The van der Waals surface area contributed by atoms with E-state index in [1.54, 1.807) is 10.7 Å². The van der Waals surface area contributed by atoms with E-state index in [9.17, 15) is 0 Å². The molecule has 0 atom stereocenters. The summed E-state index contributed by atoms with van der Waals surface area (Å²) < 4.78 is 0. The van der Waals surface area contributed by atoms with E-state index in [4.69, 9.17) is 0 Å². The van der Waals surface area contributed by atoms with Gasteiger partial charge in [-0.05, 0) is 35.6 Å². The molecule has 0 saturated carbocycles. The lowest BCUT2D eigenvalue weighted by Crippen LogP contribution is -2.00. The molecule has 0 fully saturated rings. The van der Waals surface area contributed by atoms with Crippen LogP contribution in [-0.2, 0) is 0 Å². The molecule has 2 aliphatic rings. The van der Waals surface area contributed by atoms with Crippen molar-refractivity contribution in [3.05, 3.63) is 47.1 Å². The summed E-state index contributed by atoms with van der Waals surface area (Å²) in [6, 6.07) is 0. The molecule has 0 saturated heterocycles. The van der Waals surface area contributed by atoms with Crippen molar-refractivity contribution < 1.29 is 0 Å². The van der Waals surface area contributed by atoms with E-state index in [1.165, 1.54) is 30.4 Å². The number of allylic oxidation sites excluding steroid dienone is 8. The smallest absolute Gasteiger partial charge is 0.0128 e. The Kier molecular flexibility index (Phi) is 4.11. The molecule has 90 valence electrons. The maximum Gasteiger partial charge on any atom is 0.0128 e. The molecule has 2 aliphatic carbocycles. The van der Waals surface area contributed by atoms with Gasteiger partial charge in [0.05, 0.1) is 0 Å². The predicted molar refractivity (Wildman–Crippen MR) is 80.0 cm³/mol. The van der Waals surface area contributed by atoms with Gasteiger partial charge in [0.25, 0.3) is 0 Å². The first kappa shape index (κ1) is 12.5. The van der Waals surface area contributed by atoms with E-state index in [1.807, 2.05) is 0 Å². The molecule has 0 aromatic rings. The second-order valence-corrected chi connectivity index (χ2v) is 7.72. The van der Waals surface area contributed by atoms with Gasteiger partial charge >= 0.3 is 0 Å². The Hall–Kier alpha value is -0.953. The molecule has 0 spiro atoms. The SMILES string of the molecule is CCCCC1=CCC(C2=CC(=[Si](C)C)C=C2)=C1. The predicted octanol–water partition coefficient (Wildman–Crippen LogP) is 4.44. The largest absolute Gasteiger partial charge is 0.0769 e. The Morgan fingerprint density at radius 2 is 2.00 bits per heavy atom. The van der Waals surface area contributed by atoms with Gasteiger partial charge < -0.3 is 0 Å². The van der Waals surface area contributed by atoms with Crippen LogP contribution in [-0.4, -0.2) is 13.6 Å². The Labute approximate surface area is 107 Å². The number of hydrogen-bond donors (Lipinski definition) is 0. The van der Waals surface area contributed by atoms with Crippen LogP contribution in [0.4, 0.5) is 0 Å². The van der Waals surface area contributed by atoms with E-state index < -0.39 is 0 Å². The zero-order valence-electron chi connectivity index (χ0n) is 11.2. The second kappa shape index (κ2) is 5.59. The van der Waals surface area contributed by atoms with Crippen LogP contribution in [0.3, 0.4) is 0 Å². The quantitative estimate of drug-likeness (QED) is 0.639. The Bertz CT molecular complexity index is 452. The topological polar surface area (TPSA) is 0 Å². The summed E-state index contributed by atoms with van der Waals surface area (Å²) in [4.78, 5) is 0. The number of unbranched alkanes of at least 4 members (excludes halogenated alkanes) is 1. The van der Waals surface area contributed by atoms with Crippen LogP contribution in [0.5, 0.6) is 0 Å². The van der Waals surface area contributed by atoms with Crippen LogP contribution >= 0.6 is 0 Å². The van der Waals surface area contributed by atoms with Crippen LogP contribution in [0.15, 0.2) is 47.1 Å². The molecule has 17 heavy (non-hydrogen) atoms. The van der Waals surface area contributed by atoms with Crippen molar-refractivity contribution >= 4 is 13.6 Å². The molecule has 0 unspecified atom stereocenters. The second-order valence-electron chi connectivity index (χ2n) is 5.14. The molecule has 0 heterocycles. The van der Waals surface area contributed by atoms with Gasteiger partial charge in [-0.3, -0.25) is 0 Å². The summed E-state index contributed by atoms with van der Waals surface area (Å²) in [5, 5.41) is 1.56. The van der Waals surface area contributed by atoms with Crippen molar-refractivity contribution in [2.75, 3.05) is 0 Å². The first-order valence-electron chi connectivity index (χ1n) is 6.68. The van der Waals surface area contributed by atoms with Gasteiger partial charge in [0.15, 0.2) is 0 Å². The fraction of sp³-hybridized carbons (Fsp3) is 0.438. The third kappa shape index (κ3) is 3.04. The van der Waals surface area contributed by atoms with Crippen molar-refractivity contribution in [3.8, 4) is 0 Å². The average Bonchev–Trinajstić information content (AvgIpc) is 2.94. The maximum absolute atomic E-state index is 2.41. The summed E-state index contributed by atoms with van der Waals surface area (Å²) in [5.41, 5.74) is 4.52. The monoisotopic (exact) mass is 242 g/mol. The van der Waals surface area contributed by atoms with Gasteiger partial charge in [-0.25, -0.2) is 0 Å². The Morgan fingerprint density at radius 1 is 1.18 bits per heavy atom. The first-order chi connectivity index (χ1) is 8.20. The average molecular weight is 242 g/mol. The zero-order valence-corrected chi connectivity index (χ0v) is 12.2. The molecule has 0 aliphatic heterocycles. The summed E-state index contributed by atoms with van der Waals surface area (Å²) in [7, 11) is -0.292. The van der Waals surface area contributed by atoms with Crippen molar-refractivity contribution in [1.29, 1.82) is 0 Å². The van der Waals surface area contributed by atoms with Crippen molar-refractivity contribution in [2.24, 2.45) is 0 Å². The molecule has 1 heteroatoms. The minimum absolute atomic E-state index is 0.292. The highest BCUT2D eigenvalue weighted by molar-refractivity contribution is 6.73. The van der Waals surface area contributed by atoms with Crippen molar-refractivity contribution in [3.63, 3.8) is 0 Å². The maximum atomic E-state index is 2.41. The zero-order chi connectivity index (χ0) is 12.3. The van der Waals surface area contributed by atoms with E-state index >= 15 is 0 Å². The van der Waals surface area contributed by atoms with E-state index in [-0.39, 0.29) is 8.41 Å². The molecule has 0 N–H and O–H groups in total. The van der Waals surface area contributed by atoms with Crippen molar-refractivity contribution in [2.45, 2.75) is 45.7 Å². The highest BCUT2D eigenvalue weighted by atomic mass is 28.2. The highest BCUT2D eigenvalue weighted by Gasteiger charge is 2.12. The van der Waals surface area contributed by atoms with Gasteiger partial charge in [0.2, 0.25) is 0 Å². The lowest BCUT2D eigenvalue weighted by molar-refractivity contribution is 0.798. The third-order valence-corrected chi connectivity index (χ3v) is 4.93. The van der Waals surface area contributed by atoms with Crippen LogP contribution in [0, 0.1) is 0 Å². The molecule has 0 bridgehead atoms. The molecule has 0 nitrogen and oxygen atoms in total. The molecule has 2 rings (SSSR count). The van der Waals surface area contributed by atoms with Gasteiger partial charge in [0, 0.05) is 8.41 Å². The van der Waals surface area contributed by atoms with Crippen LogP contribution in [0.25, 0.3) is 0 Å². The lowest BCUT2D eigenvalue weighted by Gasteiger charge is -1.99. The molecular weight excluding hydrogens is 220 g/mol. The molecule has 0 radical (unpaired) electrons. The van der Waals surface area contributed by atoms with Crippen LogP contribution in [0.1, 0.15) is 32.6 Å². The van der Waals surface area contributed by atoms with Gasteiger partial charge in [-0.1, -0.05) is 62.4 Å². The summed E-state index contributed by atoms with van der Waals surface area (Å²) >= 11 is 0. The standard InChI is InChI=1S/C16H22Si/c1-4-5-6-13-7-8-14(11-13)15-9-10-16(12-15)17(2)3/h7,9-12H,4-6,8H2,1-3H3. The summed E-state index contributed by atoms with van der Waals surface area (Å²) in [5.74, 6) is 0. The number of hydrogen-bond acceptors (Lipinski definition) is 0. The number of rotatable bonds is 4. The minimum atomic E-state index is -0.292. The normalized spacial score (nSPS) is 18.3. The van der Waals surface area contributed by atoms with Crippen molar-refractivity contribution in [1.82, 2.24) is 0 Å². The highest BCUT2D eigenvalue weighted by Crippen LogP contribution is 2.29. The fourth-order valence-corrected chi connectivity index (χ4v) is 3.15. The van der Waals surface area contributed by atoms with Gasteiger partial charge in [-0.15, -0.1) is 0 Å². The fourth-order valence-electron chi connectivity index (χ4n) is 2.29. The van der Waals surface area contributed by atoms with Crippen LogP contribution in [0.2, 0.25) is 13.1 Å². The van der Waals surface area contributed by atoms with Gasteiger partial charge in [0.1, 0.15) is 0 Å². The Morgan fingerprint density at radius 3 is 2.65 bits per heavy atom. The van der Waals surface area contributed by atoms with E-state index in [2.05, 4.69) is 50.4 Å². The minimum Gasteiger partial charge on any atom is -0.0769 e. The van der Waals surface area contributed by atoms with E-state index in [0.717, 1.165) is 6.42 Å². The molecule has 0 aromatic heterocycles. The molecular formula is C16H22Si. The third-order valence-electron chi connectivity index (χ3n) is 3.46. The first-order valence-corrected chi connectivity index (χ1v) is 9.18. The summed E-state index contributed by atoms with van der Waals surface area (Å²) in [6.45, 7) is 6.98. The molecule has 0 aromatic carbocycles. The van der Waals surface area contributed by atoms with Gasteiger partial charge in [-0.2, -0.15) is 0 Å². The van der Waals surface area contributed by atoms with Crippen LogP contribution < -0.4 is 0 Å². The molecule has 0 amide bonds.